The van der Waals surface area contributed by atoms with Gasteiger partial charge in [0.2, 0.25) is 5.91 Å². The molecule has 1 N–H and O–H groups in total. The van der Waals surface area contributed by atoms with Crippen molar-refractivity contribution in [1.82, 2.24) is 10.2 Å². The summed E-state index contributed by atoms with van der Waals surface area (Å²) < 4.78 is 0. The van der Waals surface area contributed by atoms with Crippen LogP contribution in [0.3, 0.4) is 0 Å². The van der Waals surface area contributed by atoms with E-state index in [-0.39, 0.29) is 22.9 Å². The molecule has 3 nitrogen and oxygen atoms in total. The zero-order valence-electron chi connectivity index (χ0n) is 11.6. The summed E-state index contributed by atoms with van der Waals surface area (Å²) in [6.07, 6.45) is 2.05. The fraction of sp³-hybridized carbons (Fsp3) is 0.923. The Balaban J connectivity index is 2.74. The average molecular weight is 226 g/mol. The van der Waals surface area contributed by atoms with Gasteiger partial charge in [-0.25, -0.2) is 0 Å². The van der Waals surface area contributed by atoms with Crippen LogP contribution in [0.5, 0.6) is 0 Å². The maximum atomic E-state index is 12.4. The molecule has 1 aliphatic heterocycles. The second-order valence-corrected chi connectivity index (χ2v) is 6.32. The minimum absolute atomic E-state index is 0.124. The Hall–Kier alpha value is -0.570. The van der Waals surface area contributed by atoms with Gasteiger partial charge in [-0.05, 0) is 38.6 Å². The van der Waals surface area contributed by atoms with E-state index in [4.69, 9.17) is 0 Å². The van der Waals surface area contributed by atoms with Gasteiger partial charge in [-0.2, -0.15) is 0 Å². The Morgan fingerprint density at radius 3 is 2.38 bits per heavy atom. The van der Waals surface area contributed by atoms with E-state index in [1.165, 1.54) is 0 Å². The number of hydrogen-bond acceptors (Lipinski definition) is 2. The molecule has 1 amide bonds. The molecule has 0 aliphatic carbocycles. The quantitative estimate of drug-likeness (QED) is 0.781. The molecule has 1 rings (SSSR count). The SMILES string of the molecule is CC(N(C)C(=O)C1(C)CCCN1)C(C)(C)C. The van der Waals surface area contributed by atoms with Gasteiger partial charge in [0.1, 0.15) is 0 Å². The summed E-state index contributed by atoms with van der Waals surface area (Å²) in [5, 5.41) is 3.33. The highest BCUT2D eigenvalue weighted by atomic mass is 16.2. The van der Waals surface area contributed by atoms with E-state index in [0.717, 1.165) is 19.4 Å². The van der Waals surface area contributed by atoms with Gasteiger partial charge in [0, 0.05) is 13.1 Å². The molecule has 0 spiro atoms. The molecule has 1 saturated heterocycles. The second-order valence-electron chi connectivity index (χ2n) is 6.32. The van der Waals surface area contributed by atoms with Crippen LogP contribution >= 0.6 is 0 Å². The number of carbonyl (C=O) groups excluding carboxylic acids is 1. The first-order valence-electron chi connectivity index (χ1n) is 6.21. The van der Waals surface area contributed by atoms with Crippen LogP contribution < -0.4 is 5.32 Å². The van der Waals surface area contributed by atoms with Crippen molar-refractivity contribution < 1.29 is 4.79 Å². The topological polar surface area (TPSA) is 32.3 Å². The first kappa shape index (κ1) is 13.5. The molecule has 0 radical (unpaired) electrons. The van der Waals surface area contributed by atoms with E-state index in [9.17, 15) is 4.79 Å². The van der Waals surface area contributed by atoms with Crippen molar-refractivity contribution in [2.45, 2.75) is 59.0 Å². The predicted molar refractivity (Wildman–Crippen MR) is 67.3 cm³/mol. The summed E-state index contributed by atoms with van der Waals surface area (Å²) in [5.74, 6) is 0.229. The summed E-state index contributed by atoms with van der Waals surface area (Å²) >= 11 is 0. The van der Waals surface area contributed by atoms with Crippen molar-refractivity contribution in [1.29, 1.82) is 0 Å². The number of nitrogens with one attached hydrogen (secondary N) is 1. The van der Waals surface area contributed by atoms with E-state index in [0.29, 0.717) is 0 Å². The zero-order valence-corrected chi connectivity index (χ0v) is 11.6. The Bertz CT molecular complexity index is 262. The molecule has 1 heterocycles. The van der Waals surface area contributed by atoms with E-state index < -0.39 is 0 Å². The van der Waals surface area contributed by atoms with Crippen LogP contribution in [0, 0.1) is 5.41 Å². The minimum Gasteiger partial charge on any atom is -0.341 e. The summed E-state index contributed by atoms with van der Waals surface area (Å²) in [6.45, 7) is 11.6. The van der Waals surface area contributed by atoms with Crippen LogP contribution in [-0.4, -0.2) is 36.0 Å². The van der Waals surface area contributed by atoms with Crippen LogP contribution in [0.1, 0.15) is 47.5 Å². The summed E-state index contributed by atoms with van der Waals surface area (Å²) in [5.41, 5.74) is -0.215. The molecule has 1 aliphatic rings. The molecular formula is C13H26N2O. The molecular weight excluding hydrogens is 200 g/mol. The number of hydrogen-bond donors (Lipinski definition) is 1. The van der Waals surface area contributed by atoms with E-state index in [1.54, 1.807) is 0 Å². The Kier molecular flexibility index (Phi) is 3.68. The molecule has 0 aromatic carbocycles. The van der Waals surface area contributed by atoms with Crippen LogP contribution in [0.25, 0.3) is 0 Å². The first-order chi connectivity index (χ1) is 7.18. The van der Waals surface area contributed by atoms with Crippen molar-refractivity contribution in [2.24, 2.45) is 5.41 Å². The summed E-state index contributed by atoms with van der Waals surface area (Å²) in [6, 6.07) is 0.249. The smallest absolute Gasteiger partial charge is 0.242 e. The van der Waals surface area contributed by atoms with Crippen molar-refractivity contribution in [2.75, 3.05) is 13.6 Å². The van der Waals surface area contributed by atoms with Gasteiger partial charge in [0.15, 0.2) is 0 Å². The fourth-order valence-corrected chi connectivity index (χ4v) is 2.22. The minimum atomic E-state index is -0.339. The second kappa shape index (κ2) is 4.36. The van der Waals surface area contributed by atoms with Crippen LogP contribution in [0.15, 0.2) is 0 Å². The lowest BCUT2D eigenvalue weighted by atomic mass is 9.86. The molecule has 0 saturated carbocycles. The van der Waals surface area contributed by atoms with Gasteiger partial charge >= 0.3 is 0 Å². The summed E-state index contributed by atoms with van der Waals surface area (Å²) in [4.78, 5) is 14.3. The highest BCUT2D eigenvalue weighted by molar-refractivity contribution is 5.86. The molecule has 0 aromatic rings. The van der Waals surface area contributed by atoms with Gasteiger partial charge in [0.05, 0.1) is 5.54 Å². The van der Waals surface area contributed by atoms with Crippen molar-refractivity contribution in [3.63, 3.8) is 0 Å². The molecule has 0 bridgehead atoms. The number of rotatable bonds is 2. The third kappa shape index (κ3) is 2.57. The van der Waals surface area contributed by atoms with Gasteiger partial charge < -0.3 is 10.2 Å². The van der Waals surface area contributed by atoms with E-state index in [2.05, 4.69) is 33.0 Å². The molecule has 2 unspecified atom stereocenters. The molecule has 94 valence electrons. The Morgan fingerprint density at radius 1 is 1.44 bits per heavy atom. The summed E-state index contributed by atoms with van der Waals surface area (Å²) in [7, 11) is 1.92. The van der Waals surface area contributed by atoms with Gasteiger partial charge in [-0.1, -0.05) is 20.8 Å². The third-order valence-electron chi connectivity index (χ3n) is 4.00. The fourth-order valence-electron chi connectivity index (χ4n) is 2.22. The lowest BCUT2D eigenvalue weighted by molar-refractivity contribution is -0.139. The number of likely N-dealkylation sites (N-methyl/N-ethyl adjacent to an activating group) is 1. The Labute approximate surface area is 99.6 Å². The predicted octanol–water partition coefficient (Wildman–Crippen LogP) is 2.02. The van der Waals surface area contributed by atoms with Crippen LogP contribution in [-0.2, 0) is 4.79 Å². The Morgan fingerprint density at radius 2 is 2.00 bits per heavy atom. The first-order valence-corrected chi connectivity index (χ1v) is 6.21. The van der Waals surface area contributed by atoms with Crippen LogP contribution in [0.4, 0.5) is 0 Å². The van der Waals surface area contributed by atoms with Crippen LogP contribution in [0.2, 0.25) is 0 Å². The largest absolute Gasteiger partial charge is 0.341 e. The molecule has 0 aromatic heterocycles. The van der Waals surface area contributed by atoms with Gasteiger partial charge in [-0.3, -0.25) is 4.79 Å². The lowest BCUT2D eigenvalue weighted by Gasteiger charge is -2.39. The highest BCUT2D eigenvalue weighted by Gasteiger charge is 2.40. The third-order valence-corrected chi connectivity index (χ3v) is 4.00. The van der Waals surface area contributed by atoms with Crippen molar-refractivity contribution >= 4 is 5.91 Å². The van der Waals surface area contributed by atoms with E-state index >= 15 is 0 Å². The lowest BCUT2D eigenvalue weighted by Crippen LogP contribution is -2.55. The maximum Gasteiger partial charge on any atom is 0.242 e. The zero-order chi connectivity index (χ0) is 12.6. The number of carbonyl (C=O) groups is 1. The van der Waals surface area contributed by atoms with Crippen molar-refractivity contribution in [3.05, 3.63) is 0 Å². The average Bonchev–Trinajstić information content (AvgIpc) is 2.61. The number of nitrogens with zero attached hydrogens (tertiary/aromatic N) is 1. The molecule has 2 atom stereocenters. The molecule has 1 fully saturated rings. The molecule has 3 heteroatoms. The van der Waals surface area contributed by atoms with E-state index in [1.807, 2.05) is 18.9 Å². The maximum absolute atomic E-state index is 12.4. The standard InChI is InChI=1S/C13H26N2O/c1-10(12(2,3)4)15(6)11(16)13(5)8-7-9-14-13/h10,14H,7-9H2,1-6H3. The number of amides is 1. The van der Waals surface area contributed by atoms with Gasteiger partial charge in [0.25, 0.3) is 0 Å². The highest BCUT2D eigenvalue weighted by Crippen LogP contribution is 2.27. The van der Waals surface area contributed by atoms with Crippen molar-refractivity contribution in [3.8, 4) is 0 Å². The molecule has 16 heavy (non-hydrogen) atoms. The normalized spacial score (nSPS) is 27.9. The van der Waals surface area contributed by atoms with Gasteiger partial charge in [-0.15, -0.1) is 0 Å². The monoisotopic (exact) mass is 226 g/mol.